The quantitative estimate of drug-likeness (QED) is 0.178. The standard InChI is InChI=1S/C50H33NOS/c1-50(44-19-11-17-42-41-16-7-10-21-48(41)53-49(42)44)43-18-8-5-14-37(43)38-28-26-35(30-45(38)50)51(34-24-22-33(23-25-34)32-12-3-2-4-13-32)36-27-29-40-39-15-6-9-20-46(39)52-47(40)31-36/h2-31H,1H3. The molecule has 0 aliphatic heterocycles. The van der Waals surface area contributed by atoms with Crippen LogP contribution in [-0.2, 0) is 5.41 Å². The van der Waals surface area contributed by atoms with E-state index in [0.717, 1.165) is 39.0 Å². The predicted molar refractivity (Wildman–Crippen MR) is 224 cm³/mol. The van der Waals surface area contributed by atoms with Crippen LogP contribution in [0.5, 0.6) is 0 Å². The minimum absolute atomic E-state index is 0.367. The Morgan fingerprint density at radius 1 is 0.434 bits per heavy atom. The summed E-state index contributed by atoms with van der Waals surface area (Å²) < 4.78 is 9.12. The Balaban J connectivity index is 1.13. The first-order valence-electron chi connectivity index (χ1n) is 18.2. The summed E-state index contributed by atoms with van der Waals surface area (Å²) in [6.45, 7) is 2.43. The van der Waals surface area contributed by atoms with Gasteiger partial charge in [-0.15, -0.1) is 11.3 Å². The number of rotatable bonds is 5. The van der Waals surface area contributed by atoms with Gasteiger partial charge < -0.3 is 9.32 Å². The topological polar surface area (TPSA) is 16.4 Å². The van der Waals surface area contributed by atoms with Crippen molar-refractivity contribution in [3.63, 3.8) is 0 Å². The van der Waals surface area contributed by atoms with Crippen LogP contribution in [0.2, 0.25) is 0 Å². The van der Waals surface area contributed by atoms with Crippen LogP contribution in [0, 0.1) is 0 Å². The van der Waals surface area contributed by atoms with Crippen LogP contribution in [0.25, 0.3) is 64.4 Å². The van der Waals surface area contributed by atoms with Gasteiger partial charge in [-0.3, -0.25) is 0 Å². The molecule has 250 valence electrons. The third kappa shape index (κ3) is 4.51. The second kappa shape index (κ2) is 11.5. The fourth-order valence-electron chi connectivity index (χ4n) is 8.78. The van der Waals surface area contributed by atoms with Crippen molar-refractivity contribution in [2.45, 2.75) is 12.3 Å². The summed E-state index contributed by atoms with van der Waals surface area (Å²) in [7, 11) is 0. The van der Waals surface area contributed by atoms with Gasteiger partial charge >= 0.3 is 0 Å². The molecule has 1 aliphatic carbocycles. The lowest BCUT2D eigenvalue weighted by atomic mass is 9.74. The minimum Gasteiger partial charge on any atom is -0.456 e. The Morgan fingerprint density at radius 3 is 1.94 bits per heavy atom. The van der Waals surface area contributed by atoms with Crippen molar-refractivity contribution in [3.05, 3.63) is 199 Å². The zero-order valence-electron chi connectivity index (χ0n) is 29.1. The molecular weight excluding hydrogens is 663 g/mol. The third-order valence-electron chi connectivity index (χ3n) is 11.4. The van der Waals surface area contributed by atoms with Crippen LogP contribution in [0.3, 0.4) is 0 Å². The fraction of sp³-hybridized carbons (Fsp3) is 0.0400. The number of furan rings is 1. The summed E-state index contributed by atoms with van der Waals surface area (Å²) in [5.41, 5.74) is 13.7. The molecule has 3 heteroatoms. The number of benzene rings is 8. The summed E-state index contributed by atoms with van der Waals surface area (Å²) in [5.74, 6) is 0. The number of fused-ring (bicyclic) bond motifs is 9. The molecule has 2 heterocycles. The Bertz CT molecular complexity index is 3030. The van der Waals surface area contributed by atoms with E-state index in [4.69, 9.17) is 4.42 Å². The smallest absolute Gasteiger partial charge is 0.137 e. The van der Waals surface area contributed by atoms with Crippen molar-refractivity contribution < 1.29 is 4.42 Å². The SMILES string of the molecule is CC1(c2cccc3c2sc2ccccc23)c2ccccc2-c2ccc(N(c3ccc(-c4ccccc4)cc3)c3ccc4c(c3)oc3ccccc34)cc21. The van der Waals surface area contributed by atoms with Gasteiger partial charge in [0.25, 0.3) is 0 Å². The summed E-state index contributed by atoms with van der Waals surface area (Å²) in [5, 5.41) is 4.90. The molecule has 2 aromatic heterocycles. The van der Waals surface area contributed by atoms with E-state index in [9.17, 15) is 0 Å². The maximum Gasteiger partial charge on any atom is 0.137 e. The summed E-state index contributed by atoms with van der Waals surface area (Å²) in [6, 6.07) is 66.2. The number of nitrogens with zero attached hydrogens (tertiary/aromatic N) is 1. The third-order valence-corrected chi connectivity index (χ3v) is 12.6. The molecule has 2 nitrogen and oxygen atoms in total. The minimum atomic E-state index is -0.367. The molecule has 0 amide bonds. The molecule has 0 bridgehead atoms. The van der Waals surface area contributed by atoms with Crippen LogP contribution in [0.1, 0.15) is 23.6 Å². The van der Waals surface area contributed by atoms with E-state index >= 15 is 0 Å². The zero-order valence-corrected chi connectivity index (χ0v) is 29.9. The molecule has 0 radical (unpaired) electrons. The molecule has 1 atom stereocenters. The summed E-state index contributed by atoms with van der Waals surface area (Å²) in [6.07, 6.45) is 0. The van der Waals surface area contributed by atoms with Crippen LogP contribution < -0.4 is 4.90 Å². The van der Waals surface area contributed by atoms with E-state index in [1.807, 2.05) is 23.5 Å². The average Bonchev–Trinajstić information content (AvgIpc) is 3.87. The van der Waals surface area contributed by atoms with Crippen LogP contribution in [0.15, 0.2) is 186 Å². The Morgan fingerprint density at radius 2 is 1.06 bits per heavy atom. The second-order valence-corrected chi connectivity index (χ2v) is 15.3. The molecule has 1 unspecified atom stereocenters. The monoisotopic (exact) mass is 695 g/mol. The first kappa shape index (κ1) is 30.2. The highest BCUT2D eigenvalue weighted by Crippen LogP contribution is 2.56. The van der Waals surface area contributed by atoms with Gasteiger partial charge in [-0.2, -0.15) is 0 Å². The molecule has 0 fully saturated rings. The van der Waals surface area contributed by atoms with Gasteiger partial charge in [0.05, 0.1) is 0 Å². The predicted octanol–water partition coefficient (Wildman–Crippen LogP) is 14.4. The van der Waals surface area contributed by atoms with Crippen LogP contribution >= 0.6 is 11.3 Å². The highest BCUT2D eigenvalue weighted by atomic mass is 32.1. The molecule has 53 heavy (non-hydrogen) atoms. The average molecular weight is 696 g/mol. The summed E-state index contributed by atoms with van der Waals surface area (Å²) >= 11 is 1.91. The normalized spacial score (nSPS) is 15.0. The number of hydrogen-bond acceptors (Lipinski definition) is 3. The van der Waals surface area contributed by atoms with Gasteiger partial charge in [0.1, 0.15) is 11.2 Å². The number of para-hydroxylation sites is 1. The van der Waals surface area contributed by atoms with E-state index in [-0.39, 0.29) is 5.41 Å². The molecule has 10 aromatic rings. The largest absolute Gasteiger partial charge is 0.456 e. The van der Waals surface area contributed by atoms with Crippen LogP contribution in [0.4, 0.5) is 17.1 Å². The first-order chi connectivity index (χ1) is 26.1. The maximum absolute atomic E-state index is 6.44. The van der Waals surface area contributed by atoms with Gasteiger partial charge in [-0.25, -0.2) is 0 Å². The van der Waals surface area contributed by atoms with E-state index in [1.54, 1.807) is 0 Å². The lowest BCUT2D eigenvalue weighted by Gasteiger charge is -2.31. The highest BCUT2D eigenvalue weighted by Gasteiger charge is 2.42. The highest BCUT2D eigenvalue weighted by molar-refractivity contribution is 7.26. The molecular formula is C50H33NOS. The second-order valence-electron chi connectivity index (χ2n) is 14.2. The lowest BCUT2D eigenvalue weighted by Crippen LogP contribution is -2.23. The molecule has 11 rings (SSSR count). The van der Waals surface area contributed by atoms with Gasteiger partial charge in [0.15, 0.2) is 0 Å². The van der Waals surface area contributed by atoms with Gasteiger partial charge in [0.2, 0.25) is 0 Å². The molecule has 1 aliphatic rings. The Labute approximate surface area is 311 Å². The van der Waals surface area contributed by atoms with Gasteiger partial charge in [-0.05, 0) is 94.4 Å². The first-order valence-corrected chi connectivity index (χ1v) is 19.0. The van der Waals surface area contributed by atoms with Crippen LogP contribution in [-0.4, -0.2) is 0 Å². The molecule has 0 N–H and O–H groups in total. The number of anilines is 3. The summed E-state index contributed by atoms with van der Waals surface area (Å²) in [4.78, 5) is 2.38. The van der Waals surface area contributed by atoms with E-state index in [2.05, 4.69) is 182 Å². The van der Waals surface area contributed by atoms with Gasteiger partial charge in [0, 0.05) is 59.5 Å². The van der Waals surface area contributed by atoms with E-state index in [1.165, 1.54) is 59.1 Å². The molecule has 8 aromatic carbocycles. The van der Waals surface area contributed by atoms with Crippen molar-refractivity contribution in [1.29, 1.82) is 0 Å². The zero-order chi connectivity index (χ0) is 35.1. The Kier molecular flexibility index (Phi) is 6.58. The van der Waals surface area contributed by atoms with Crippen molar-refractivity contribution >= 4 is 70.5 Å². The van der Waals surface area contributed by atoms with Crippen molar-refractivity contribution in [1.82, 2.24) is 0 Å². The fourth-order valence-corrected chi connectivity index (χ4v) is 10.1. The van der Waals surface area contributed by atoms with Crippen molar-refractivity contribution in [2.75, 3.05) is 4.90 Å². The number of thiophene rings is 1. The Hall–Kier alpha value is -6.42. The molecule has 0 spiro atoms. The van der Waals surface area contributed by atoms with Crippen molar-refractivity contribution in [2.24, 2.45) is 0 Å². The maximum atomic E-state index is 6.44. The van der Waals surface area contributed by atoms with Gasteiger partial charge in [-0.1, -0.05) is 127 Å². The number of hydrogen-bond donors (Lipinski definition) is 0. The molecule has 0 saturated carbocycles. The van der Waals surface area contributed by atoms with E-state index < -0.39 is 0 Å². The lowest BCUT2D eigenvalue weighted by molar-refractivity contribution is 0.669. The van der Waals surface area contributed by atoms with Crippen molar-refractivity contribution in [3.8, 4) is 22.3 Å². The molecule has 0 saturated heterocycles. The van der Waals surface area contributed by atoms with E-state index in [0.29, 0.717) is 0 Å².